The molecule has 2 aromatic rings. The van der Waals surface area contributed by atoms with Gasteiger partial charge in [-0.3, -0.25) is 9.59 Å². The van der Waals surface area contributed by atoms with Crippen LogP contribution >= 0.6 is 11.6 Å². The molecule has 2 N–H and O–H groups in total. The van der Waals surface area contributed by atoms with Gasteiger partial charge in [0.2, 0.25) is 11.8 Å². The highest BCUT2D eigenvalue weighted by Gasteiger charge is 2.34. The normalized spacial score (nSPS) is 17.0. The van der Waals surface area contributed by atoms with Crippen molar-refractivity contribution in [3.05, 3.63) is 58.6 Å². The Bertz CT molecular complexity index is 822. The number of hydrogen-bond acceptors (Lipinski definition) is 3. The van der Waals surface area contributed by atoms with Crippen molar-refractivity contribution in [2.75, 3.05) is 11.9 Å². The van der Waals surface area contributed by atoms with Crippen LogP contribution in [0.25, 0.3) is 0 Å². The van der Waals surface area contributed by atoms with E-state index in [0.29, 0.717) is 23.8 Å². The van der Waals surface area contributed by atoms with Crippen LogP contribution < -0.4 is 5.32 Å². The van der Waals surface area contributed by atoms with E-state index in [0.717, 1.165) is 11.1 Å². The van der Waals surface area contributed by atoms with Crippen molar-refractivity contribution >= 4 is 29.1 Å². The third-order valence-electron chi connectivity index (χ3n) is 4.32. The predicted molar refractivity (Wildman–Crippen MR) is 96.4 cm³/mol. The first kappa shape index (κ1) is 17.3. The molecular weight excluding hydrogens is 340 g/mol. The third-order valence-corrected chi connectivity index (χ3v) is 4.68. The minimum atomic E-state index is -0.448. The minimum Gasteiger partial charge on any atom is -0.506 e. The number of anilines is 1. The van der Waals surface area contributed by atoms with Gasteiger partial charge >= 0.3 is 0 Å². The second-order valence-corrected chi connectivity index (χ2v) is 6.68. The van der Waals surface area contributed by atoms with E-state index in [1.165, 1.54) is 0 Å². The summed E-state index contributed by atoms with van der Waals surface area (Å²) in [6, 6.07) is 12.4. The zero-order valence-electron chi connectivity index (χ0n) is 13.8. The highest BCUT2D eigenvalue weighted by Crippen LogP contribution is 2.27. The first-order valence-electron chi connectivity index (χ1n) is 8.05. The summed E-state index contributed by atoms with van der Waals surface area (Å²) in [6.07, 6.45) is 0.156. The van der Waals surface area contributed by atoms with E-state index in [4.69, 9.17) is 11.6 Å². The molecule has 1 aliphatic rings. The molecule has 0 aromatic heterocycles. The molecule has 0 aliphatic carbocycles. The van der Waals surface area contributed by atoms with Gasteiger partial charge in [-0.1, -0.05) is 35.9 Å². The van der Waals surface area contributed by atoms with Gasteiger partial charge in [-0.25, -0.2) is 0 Å². The molecule has 1 unspecified atom stereocenters. The maximum Gasteiger partial charge on any atom is 0.229 e. The second kappa shape index (κ2) is 7.15. The molecule has 1 atom stereocenters. The number of carbonyl (C=O) groups is 2. The van der Waals surface area contributed by atoms with E-state index in [1.807, 2.05) is 25.1 Å². The number of phenolic OH excluding ortho intramolecular Hbond substituents is 1. The number of aryl methyl sites for hydroxylation is 1. The number of likely N-dealkylation sites (tertiary alicyclic amines) is 1. The van der Waals surface area contributed by atoms with Crippen LogP contribution in [0.2, 0.25) is 5.02 Å². The number of nitrogens with one attached hydrogen (secondary N) is 1. The molecule has 2 amide bonds. The summed E-state index contributed by atoms with van der Waals surface area (Å²) in [5, 5.41) is 13.2. The lowest BCUT2D eigenvalue weighted by atomic mass is 10.1. The molecule has 3 rings (SSSR count). The largest absolute Gasteiger partial charge is 0.506 e. The fraction of sp³-hybridized carbons (Fsp3) is 0.263. The Balaban J connectivity index is 1.65. The third kappa shape index (κ3) is 3.94. The van der Waals surface area contributed by atoms with Gasteiger partial charge in [-0.15, -0.1) is 0 Å². The number of carbonyl (C=O) groups excluding carboxylic acids is 2. The molecular formula is C19H19ClN2O3. The summed E-state index contributed by atoms with van der Waals surface area (Å²) < 4.78 is 0. The first-order chi connectivity index (χ1) is 11.9. The van der Waals surface area contributed by atoms with Crippen molar-refractivity contribution in [1.29, 1.82) is 0 Å². The lowest BCUT2D eigenvalue weighted by Crippen LogP contribution is -2.28. The number of halogens is 1. The molecule has 0 radical (unpaired) electrons. The molecule has 2 aromatic carbocycles. The van der Waals surface area contributed by atoms with Crippen LogP contribution in [0.1, 0.15) is 17.5 Å². The standard InChI is InChI=1S/C19H19ClN2O3/c1-12-6-7-16(17(23)8-12)21-19(25)14-9-18(24)22(11-14)10-13-4-2-3-5-15(13)20/h2-8,14,23H,9-11H2,1H3,(H,21,25). The monoisotopic (exact) mass is 358 g/mol. The Hall–Kier alpha value is -2.53. The summed E-state index contributed by atoms with van der Waals surface area (Å²) in [4.78, 5) is 26.3. The van der Waals surface area contributed by atoms with Gasteiger partial charge in [-0.05, 0) is 36.2 Å². The van der Waals surface area contributed by atoms with Crippen molar-refractivity contribution < 1.29 is 14.7 Å². The number of hydrogen-bond donors (Lipinski definition) is 2. The maximum absolute atomic E-state index is 12.4. The Morgan fingerprint density at radius 1 is 1.32 bits per heavy atom. The van der Waals surface area contributed by atoms with Gasteiger partial charge in [-0.2, -0.15) is 0 Å². The van der Waals surface area contributed by atoms with E-state index < -0.39 is 5.92 Å². The Kier molecular flexibility index (Phi) is 4.95. The van der Waals surface area contributed by atoms with E-state index in [9.17, 15) is 14.7 Å². The van der Waals surface area contributed by atoms with Crippen molar-refractivity contribution in [3.63, 3.8) is 0 Å². The van der Waals surface area contributed by atoms with E-state index in [-0.39, 0.29) is 24.0 Å². The zero-order chi connectivity index (χ0) is 18.0. The summed E-state index contributed by atoms with van der Waals surface area (Å²) in [5.41, 5.74) is 2.11. The van der Waals surface area contributed by atoms with Gasteiger partial charge in [0.15, 0.2) is 0 Å². The summed E-state index contributed by atoms with van der Waals surface area (Å²) >= 11 is 6.14. The number of amides is 2. The van der Waals surface area contributed by atoms with E-state index in [2.05, 4.69) is 5.32 Å². The lowest BCUT2D eigenvalue weighted by Gasteiger charge is -2.17. The zero-order valence-corrected chi connectivity index (χ0v) is 14.6. The number of phenols is 1. The average Bonchev–Trinajstić information content (AvgIpc) is 2.93. The summed E-state index contributed by atoms with van der Waals surface area (Å²) in [5.74, 6) is -0.774. The molecule has 130 valence electrons. The minimum absolute atomic E-state index is 0.0191. The van der Waals surface area contributed by atoms with E-state index in [1.54, 1.807) is 29.2 Å². The highest BCUT2D eigenvalue weighted by molar-refractivity contribution is 6.31. The van der Waals surface area contributed by atoms with Crippen molar-refractivity contribution in [1.82, 2.24) is 4.90 Å². The van der Waals surface area contributed by atoms with Crippen LogP contribution in [-0.4, -0.2) is 28.4 Å². The van der Waals surface area contributed by atoms with Gasteiger partial charge in [0.25, 0.3) is 0 Å². The fourth-order valence-corrected chi connectivity index (χ4v) is 3.11. The average molecular weight is 359 g/mol. The van der Waals surface area contributed by atoms with Gasteiger partial charge in [0, 0.05) is 24.5 Å². The Morgan fingerprint density at radius 3 is 2.80 bits per heavy atom. The predicted octanol–water partition coefficient (Wildman–Crippen LogP) is 3.34. The smallest absolute Gasteiger partial charge is 0.229 e. The fourth-order valence-electron chi connectivity index (χ4n) is 2.92. The van der Waals surface area contributed by atoms with Crippen molar-refractivity contribution in [2.24, 2.45) is 5.92 Å². The number of rotatable bonds is 4. The molecule has 1 saturated heterocycles. The van der Waals surface area contributed by atoms with Gasteiger partial charge in [0.1, 0.15) is 5.75 Å². The molecule has 0 bridgehead atoms. The molecule has 1 heterocycles. The summed E-state index contributed by atoms with van der Waals surface area (Å²) in [6.45, 7) is 2.58. The van der Waals surface area contributed by atoms with Gasteiger partial charge < -0.3 is 15.3 Å². The van der Waals surface area contributed by atoms with Crippen LogP contribution in [0, 0.1) is 12.8 Å². The molecule has 25 heavy (non-hydrogen) atoms. The van der Waals surface area contributed by atoms with Crippen molar-refractivity contribution in [3.8, 4) is 5.75 Å². The Labute approximate surface area is 151 Å². The first-order valence-corrected chi connectivity index (χ1v) is 8.43. The van der Waals surface area contributed by atoms with Crippen molar-refractivity contribution in [2.45, 2.75) is 19.9 Å². The summed E-state index contributed by atoms with van der Waals surface area (Å²) in [7, 11) is 0. The maximum atomic E-state index is 12.4. The van der Waals surface area contributed by atoms with Crippen LogP contribution in [-0.2, 0) is 16.1 Å². The highest BCUT2D eigenvalue weighted by atomic mass is 35.5. The molecule has 0 spiro atoms. The topological polar surface area (TPSA) is 69.6 Å². The molecule has 1 aliphatic heterocycles. The molecule has 6 heteroatoms. The van der Waals surface area contributed by atoms with Crippen LogP contribution in [0.3, 0.4) is 0 Å². The number of benzene rings is 2. The molecule has 5 nitrogen and oxygen atoms in total. The molecule has 1 fully saturated rings. The van der Waals surface area contributed by atoms with Crippen LogP contribution in [0.4, 0.5) is 5.69 Å². The SMILES string of the molecule is Cc1ccc(NC(=O)C2CC(=O)N(Cc3ccccc3Cl)C2)c(O)c1. The quantitative estimate of drug-likeness (QED) is 0.823. The number of nitrogens with zero attached hydrogens (tertiary/aromatic N) is 1. The lowest BCUT2D eigenvalue weighted by molar-refractivity contribution is -0.128. The molecule has 0 saturated carbocycles. The van der Waals surface area contributed by atoms with Crippen LogP contribution in [0.5, 0.6) is 5.75 Å². The second-order valence-electron chi connectivity index (χ2n) is 6.28. The Morgan fingerprint density at radius 2 is 2.08 bits per heavy atom. The van der Waals surface area contributed by atoms with Gasteiger partial charge in [0.05, 0.1) is 11.6 Å². The van der Waals surface area contributed by atoms with E-state index >= 15 is 0 Å². The van der Waals surface area contributed by atoms with Crippen LogP contribution in [0.15, 0.2) is 42.5 Å². The number of aromatic hydroxyl groups is 1.